The van der Waals surface area contributed by atoms with Crippen molar-refractivity contribution in [3.8, 4) is 0 Å². The van der Waals surface area contributed by atoms with E-state index < -0.39 is 0 Å². The topological polar surface area (TPSA) is 71.8 Å². The Hall–Kier alpha value is -2.80. The third-order valence-electron chi connectivity index (χ3n) is 5.05. The second-order valence-corrected chi connectivity index (χ2v) is 7.14. The van der Waals surface area contributed by atoms with Gasteiger partial charge in [-0.2, -0.15) is 5.10 Å². The van der Waals surface area contributed by atoms with Crippen LogP contribution in [-0.2, 0) is 13.6 Å². The molecule has 140 valence electrons. The molecule has 1 aliphatic heterocycles. The molecule has 27 heavy (non-hydrogen) atoms. The van der Waals surface area contributed by atoms with Gasteiger partial charge in [0, 0.05) is 37.9 Å². The molecule has 0 radical (unpaired) electrons. The predicted octanol–water partition coefficient (Wildman–Crippen LogP) is 3.04. The van der Waals surface area contributed by atoms with E-state index in [0.717, 1.165) is 49.1 Å². The summed E-state index contributed by atoms with van der Waals surface area (Å²) >= 11 is 0. The van der Waals surface area contributed by atoms with Crippen molar-refractivity contribution in [3.63, 3.8) is 0 Å². The van der Waals surface area contributed by atoms with Crippen LogP contribution in [0.3, 0.4) is 0 Å². The van der Waals surface area contributed by atoms with Crippen LogP contribution < -0.4 is 5.32 Å². The molecule has 7 heteroatoms. The van der Waals surface area contributed by atoms with Crippen molar-refractivity contribution in [3.05, 3.63) is 59.9 Å². The van der Waals surface area contributed by atoms with E-state index in [1.165, 1.54) is 12.1 Å². The number of nitrogens with zero attached hydrogens (tertiary/aromatic N) is 6. The molecule has 0 spiro atoms. The van der Waals surface area contributed by atoms with E-state index in [-0.39, 0.29) is 0 Å². The van der Waals surface area contributed by atoms with Gasteiger partial charge >= 0.3 is 0 Å². The fourth-order valence-electron chi connectivity index (χ4n) is 3.58. The van der Waals surface area contributed by atoms with Gasteiger partial charge in [-0.05, 0) is 44.5 Å². The molecular weight excluding hydrogens is 338 g/mol. The first-order chi connectivity index (χ1) is 13.2. The minimum Gasteiger partial charge on any atom is -0.324 e. The van der Waals surface area contributed by atoms with Crippen LogP contribution in [0.25, 0.3) is 0 Å². The van der Waals surface area contributed by atoms with Crippen LogP contribution in [-0.4, -0.2) is 42.7 Å². The second kappa shape index (κ2) is 7.84. The number of hydrogen-bond donors (Lipinski definition) is 1. The summed E-state index contributed by atoms with van der Waals surface area (Å²) in [5.74, 6) is 1.93. The molecule has 1 N–H and O–H groups in total. The summed E-state index contributed by atoms with van der Waals surface area (Å²) in [7, 11) is 2.00. The predicted molar refractivity (Wildman–Crippen MR) is 105 cm³/mol. The summed E-state index contributed by atoms with van der Waals surface area (Å²) in [6.45, 7) is 5.03. The average molecular weight is 363 g/mol. The zero-order valence-corrected chi connectivity index (χ0v) is 15.8. The van der Waals surface area contributed by atoms with Crippen LogP contribution >= 0.6 is 0 Å². The van der Waals surface area contributed by atoms with Crippen LogP contribution in [0.5, 0.6) is 0 Å². The van der Waals surface area contributed by atoms with Crippen molar-refractivity contribution in [1.82, 2.24) is 29.6 Å². The fourth-order valence-corrected chi connectivity index (χ4v) is 3.58. The highest BCUT2D eigenvalue weighted by Gasteiger charge is 2.23. The molecule has 0 bridgehead atoms. The minimum absolute atomic E-state index is 0.422. The van der Waals surface area contributed by atoms with E-state index in [1.807, 2.05) is 49.2 Å². The fraction of sp³-hybridized carbons (Fsp3) is 0.400. The summed E-state index contributed by atoms with van der Waals surface area (Å²) in [6.07, 6.45) is 7.90. The molecule has 1 aliphatic rings. The molecule has 1 fully saturated rings. The molecular formula is C20H25N7. The monoisotopic (exact) mass is 363 g/mol. The number of hydrogen-bond acceptors (Lipinski definition) is 6. The lowest BCUT2D eigenvalue weighted by Gasteiger charge is -2.32. The van der Waals surface area contributed by atoms with Gasteiger partial charge in [0.2, 0.25) is 0 Å². The SMILES string of the molecule is Cc1cccc(Nc2cnc(C3CCCN(Cc4ccnn4C)C3)cn2)n1. The minimum atomic E-state index is 0.422. The summed E-state index contributed by atoms with van der Waals surface area (Å²) in [5, 5.41) is 7.48. The molecule has 1 atom stereocenters. The van der Waals surface area contributed by atoms with Crippen LogP contribution in [0, 0.1) is 6.92 Å². The number of anilines is 2. The maximum Gasteiger partial charge on any atom is 0.150 e. The largest absolute Gasteiger partial charge is 0.324 e. The molecule has 4 heterocycles. The molecule has 0 amide bonds. The third kappa shape index (κ3) is 4.31. The van der Waals surface area contributed by atoms with Crippen molar-refractivity contribution in [2.45, 2.75) is 32.2 Å². The van der Waals surface area contributed by atoms with Gasteiger partial charge in [-0.1, -0.05) is 6.07 Å². The number of pyridine rings is 1. The Labute approximate surface area is 159 Å². The average Bonchev–Trinajstić information content (AvgIpc) is 3.07. The van der Waals surface area contributed by atoms with Crippen LogP contribution in [0.15, 0.2) is 42.9 Å². The first kappa shape index (κ1) is 17.6. The third-order valence-corrected chi connectivity index (χ3v) is 5.05. The molecule has 0 saturated carbocycles. The summed E-state index contributed by atoms with van der Waals surface area (Å²) < 4.78 is 1.95. The lowest BCUT2D eigenvalue weighted by molar-refractivity contribution is 0.194. The second-order valence-electron chi connectivity index (χ2n) is 7.14. The lowest BCUT2D eigenvalue weighted by atomic mass is 9.95. The lowest BCUT2D eigenvalue weighted by Crippen LogP contribution is -2.34. The van der Waals surface area contributed by atoms with E-state index in [9.17, 15) is 0 Å². The quantitative estimate of drug-likeness (QED) is 0.751. The van der Waals surface area contributed by atoms with Crippen molar-refractivity contribution >= 4 is 11.6 Å². The summed E-state index contributed by atoms with van der Waals surface area (Å²) in [6, 6.07) is 7.97. The molecule has 0 aromatic carbocycles. The first-order valence-corrected chi connectivity index (χ1v) is 9.39. The van der Waals surface area contributed by atoms with Gasteiger partial charge in [-0.25, -0.2) is 9.97 Å². The van der Waals surface area contributed by atoms with Gasteiger partial charge < -0.3 is 5.32 Å². The zero-order chi connectivity index (χ0) is 18.6. The summed E-state index contributed by atoms with van der Waals surface area (Å²) in [4.78, 5) is 16.1. The Kier molecular flexibility index (Phi) is 5.11. The van der Waals surface area contributed by atoms with E-state index in [1.54, 1.807) is 6.20 Å². The number of piperidine rings is 1. The first-order valence-electron chi connectivity index (χ1n) is 9.39. The van der Waals surface area contributed by atoms with Gasteiger partial charge in [0.1, 0.15) is 11.6 Å². The Morgan fingerprint density at radius 2 is 2.07 bits per heavy atom. The van der Waals surface area contributed by atoms with Gasteiger partial charge in [-0.3, -0.25) is 14.6 Å². The van der Waals surface area contributed by atoms with Crippen molar-refractivity contribution in [2.75, 3.05) is 18.4 Å². The van der Waals surface area contributed by atoms with Gasteiger partial charge in [0.25, 0.3) is 0 Å². The van der Waals surface area contributed by atoms with Crippen LogP contribution in [0.2, 0.25) is 0 Å². The van der Waals surface area contributed by atoms with E-state index in [2.05, 4.69) is 36.3 Å². The Bertz CT molecular complexity index is 887. The number of likely N-dealkylation sites (tertiary alicyclic amines) is 1. The number of aryl methyl sites for hydroxylation is 2. The molecule has 0 aliphatic carbocycles. The highest BCUT2D eigenvalue weighted by molar-refractivity contribution is 5.50. The van der Waals surface area contributed by atoms with E-state index in [4.69, 9.17) is 0 Å². The van der Waals surface area contributed by atoms with Crippen molar-refractivity contribution < 1.29 is 0 Å². The molecule has 1 unspecified atom stereocenters. The highest BCUT2D eigenvalue weighted by Crippen LogP contribution is 2.26. The molecule has 7 nitrogen and oxygen atoms in total. The van der Waals surface area contributed by atoms with Crippen LogP contribution in [0.4, 0.5) is 11.6 Å². The Morgan fingerprint density at radius 3 is 2.81 bits per heavy atom. The van der Waals surface area contributed by atoms with Gasteiger partial charge in [0.05, 0.1) is 23.8 Å². The molecule has 3 aromatic heterocycles. The van der Waals surface area contributed by atoms with Crippen molar-refractivity contribution in [1.29, 1.82) is 0 Å². The Morgan fingerprint density at radius 1 is 1.15 bits per heavy atom. The van der Waals surface area contributed by atoms with E-state index >= 15 is 0 Å². The number of rotatable bonds is 5. The van der Waals surface area contributed by atoms with Gasteiger partial charge in [-0.15, -0.1) is 0 Å². The normalized spacial score (nSPS) is 17.8. The van der Waals surface area contributed by atoms with Crippen LogP contribution in [0.1, 0.15) is 35.8 Å². The highest BCUT2D eigenvalue weighted by atomic mass is 15.3. The van der Waals surface area contributed by atoms with Gasteiger partial charge in [0.15, 0.2) is 0 Å². The van der Waals surface area contributed by atoms with E-state index in [0.29, 0.717) is 5.92 Å². The number of aromatic nitrogens is 5. The molecule has 1 saturated heterocycles. The standard InChI is InChI=1S/C20H25N7/c1-15-5-3-7-19(24-15)25-20-12-21-18(11-22-20)16-6-4-10-27(13-16)14-17-8-9-23-26(17)2/h3,5,7-9,11-12,16H,4,6,10,13-14H2,1-2H3,(H,22,24,25). The smallest absolute Gasteiger partial charge is 0.150 e. The Balaban J connectivity index is 1.40. The number of nitrogens with one attached hydrogen (secondary N) is 1. The maximum absolute atomic E-state index is 4.67. The van der Waals surface area contributed by atoms with Crippen molar-refractivity contribution in [2.24, 2.45) is 7.05 Å². The maximum atomic E-state index is 4.67. The molecule has 4 rings (SSSR count). The molecule has 3 aromatic rings. The zero-order valence-electron chi connectivity index (χ0n) is 15.8. The summed E-state index contributed by atoms with van der Waals surface area (Å²) in [5.41, 5.74) is 3.28.